The summed E-state index contributed by atoms with van der Waals surface area (Å²) in [7, 11) is 0. The molecule has 6 heteroatoms. The zero-order chi connectivity index (χ0) is 16.2. The van der Waals surface area contributed by atoms with Crippen molar-refractivity contribution in [3.63, 3.8) is 0 Å². The van der Waals surface area contributed by atoms with Crippen molar-refractivity contribution in [2.75, 3.05) is 6.54 Å². The number of aliphatic imine (C=N–C) groups is 2. The van der Waals surface area contributed by atoms with Gasteiger partial charge in [0.2, 0.25) is 0 Å². The van der Waals surface area contributed by atoms with E-state index in [9.17, 15) is 0 Å². The maximum atomic E-state index is 4.30. The number of nitrogens with zero attached hydrogens (tertiary/aromatic N) is 4. The summed E-state index contributed by atoms with van der Waals surface area (Å²) in [4.78, 5) is 17.9. The van der Waals surface area contributed by atoms with E-state index in [0.29, 0.717) is 0 Å². The Morgan fingerprint density at radius 3 is 2.88 bits per heavy atom. The first-order chi connectivity index (χ1) is 11.9. The van der Waals surface area contributed by atoms with Crippen LogP contribution in [0.4, 0.5) is 0 Å². The van der Waals surface area contributed by atoms with Gasteiger partial charge in [-0.1, -0.05) is 24.3 Å². The van der Waals surface area contributed by atoms with Crippen LogP contribution in [0.5, 0.6) is 0 Å². The Hall–Kier alpha value is -2.44. The number of nitrogens with one attached hydrogen (secondary N) is 1. The third kappa shape index (κ3) is 3.39. The van der Waals surface area contributed by atoms with Crippen LogP contribution in [0.1, 0.15) is 12.0 Å². The van der Waals surface area contributed by atoms with Crippen molar-refractivity contribution in [1.29, 1.82) is 0 Å². The molecule has 5 nitrogen and oxygen atoms in total. The summed E-state index contributed by atoms with van der Waals surface area (Å²) in [5, 5.41) is 3.46. The van der Waals surface area contributed by atoms with Crippen molar-refractivity contribution < 1.29 is 0 Å². The molecule has 0 radical (unpaired) electrons. The van der Waals surface area contributed by atoms with E-state index in [2.05, 4.69) is 55.6 Å². The molecule has 1 aromatic carbocycles. The fourth-order valence-electron chi connectivity index (χ4n) is 2.65. The Balaban J connectivity index is 1.35. The number of aromatic nitrogens is 2. The molecular formula is C18H17N5S. The predicted octanol–water partition coefficient (Wildman–Crippen LogP) is 3.32. The number of fused-ring (bicyclic) bond motifs is 1. The molecule has 0 amide bonds. The van der Waals surface area contributed by atoms with E-state index in [1.807, 2.05) is 12.4 Å². The molecule has 0 saturated heterocycles. The first-order valence-electron chi connectivity index (χ1n) is 7.93. The lowest BCUT2D eigenvalue weighted by atomic mass is 10.1. The fraction of sp³-hybridized carbons (Fsp3) is 0.222. The molecule has 0 fully saturated rings. The van der Waals surface area contributed by atoms with Crippen molar-refractivity contribution in [2.24, 2.45) is 9.98 Å². The topological polar surface area (TPSA) is 62.5 Å². The van der Waals surface area contributed by atoms with Crippen LogP contribution in [0, 0.1) is 0 Å². The summed E-state index contributed by atoms with van der Waals surface area (Å²) in [6, 6.07) is 11.1. The van der Waals surface area contributed by atoms with E-state index in [1.165, 1.54) is 16.0 Å². The average Bonchev–Trinajstić information content (AvgIpc) is 3.28. The highest BCUT2D eigenvalue weighted by molar-refractivity contribution is 7.22. The van der Waals surface area contributed by atoms with Crippen molar-refractivity contribution in [2.45, 2.75) is 19.0 Å². The summed E-state index contributed by atoms with van der Waals surface area (Å²) >= 11 is 1.73. The molecule has 120 valence electrons. The minimum atomic E-state index is 0.246. The van der Waals surface area contributed by atoms with Crippen molar-refractivity contribution in [3.05, 3.63) is 48.4 Å². The van der Waals surface area contributed by atoms with E-state index >= 15 is 0 Å². The van der Waals surface area contributed by atoms with Crippen LogP contribution in [-0.2, 0) is 6.54 Å². The summed E-state index contributed by atoms with van der Waals surface area (Å²) in [6.45, 7) is 1.80. The van der Waals surface area contributed by atoms with Gasteiger partial charge in [-0.15, -0.1) is 11.3 Å². The molecular weight excluding hydrogens is 318 g/mol. The summed E-state index contributed by atoms with van der Waals surface area (Å²) in [5.41, 5.74) is 3.51. The van der Waals surface area contributed by atoms with Crippen LogP contribution in [0.3, 0.4) is 0 Å². The van der Waals surface area contributed by atoms with Crippen LogP contribution >= 0.6 is 11.3 Å². The van der Waals surface area contributed by atoms with Gasteiger partial charge < -0.3 is 5.32 Å². The molecule has 0 spiro atoms. The highest BCUT2D eigenvalue weighted by Crippen LogP contribution is 2.31. The maximum absolute atomic E-state index is 4.30. The lowest BCUT2D eigenvalue weighted by Crippen LogP contribution is -2.19. The van der Waals surface area contributed by atoms with Crippen LogP contribution < -0.4 is 5.32 Å². The minimum Gasteiger partial charge on any atom is -0.313 e. The van der Waals surface area contributed by atoms with Crippen LogP contribution in [-0.4, -0.2) is 35.1 Å². The predicted molar refractivity (Wildman–Crippen MR) is 99.9 cm³/mol. The van der Waals surface area contributed by atoms with E-state index in [-0.39, 0.29) is 6.04 Å². The van der Waals surface area contributed by atoms with Gasteiger partial charge in [-0.3, -0.25) is 4.99 Å². The molecule has 0 bridgehead atoms. The Morgan fingerprint density at radius 2 is 2.08 bits per heavy atom. The lowest BCUT2D eigenvalue weighted by molar-refractivity contribution is 0.635. The monoisotopic (exact) mass is 335 g/mol. The van der Waals surface area contributed by atoms with Crippen LogP contribution in [0.2, 0.25) is 0 Å². The van der Waals surface area contributed by atoms with Gasteiger partial charge >= 0.3 is 0 Å². The van der Waals surface area contributed by atoms with Gasteiger partial charge in [-0.05, 0) is 30.2 Å². The Morgan fingerprint density at radius 1 is 1.17 bits per heavy atom. The maximum Gasteiger partial charge on any atom is 0.116 e. The van der Waals surface area contributed by atoms with Crippen LogP contribution in [0.25, 0.3) is 20.7 Å². The molecule has 1 atom stereocenters. The normalized spacial score (nSPS) is 16.2. The van der Waals surface area contributed by atoms with Gasteiger partial charge in [0.1, 0.15) is 12.7 Å². The van der Waals surface area contributed by atoms with E-state index in [4.69, 9.17) is 0 Å². The third-order valence-corrected chi connectivity index (χ3v) is 5.07. The molecule has 3 aromatic rings. The van der Waals surface area contributed by atoms with Gasteiger partial charge in [-0.25, -0.2) is 15.0 Å². The number of hydrogen-bond donors (Lipinski definition) is 1. The Bertz CT molecular complexity index is 837. The Labute approximate surface area is 144 Å². The first kappa shape index (κ1) is 15.1. The van der Waals surface area contributed by atoms with Crippen molar-refractivity contribution in [1.82, 2.24) is 15.3 Å². The molecule has 1 N–H and O–H groups in total. The zero-order valence-corrected chi connectivity index (χ0v) is 13.9. The van der Waals surface area contributed by atoms with Gasteiger partial charge in [0, 0.05) is 23.8 Å². The second kappa shape index (κ2) is 6.98. The van der Waals surface area contributed by atoms with E-state index in [1.54, 1.807) is 24.0 Å². The molecule has 1 unspecified atom stereocenters. The smallest absolute Gasteiger partial charge is 0.116 e. The fourth-order valence-corrected chi connectivity index (χ4v) is 3.64. The van der Waals surface area contributed by atoms with E-state index in [0.717, 1.165) is 29.7 Å². The van der Waals surface area contributed by atoms with Gasteiger partial charge in [-0.2, -0.15) is 0 Å². The number of benzene rings is 1. The molecule has 4 rings (SSSR count). The zero-order valence-electron chi connectivity index (χ0n) is 13.1. The average molecular weight is 335 g/mol. The minimum absolute atomic E-state index is 0.246. The van der Waals surface area contributed by atoms with Crippen molar-refractivity contribution >= 4 is 34.1 Å². The molecule has 0 saturated carbocycles. The molecule has 24 heavy (non-hydrogen) atoms. The summed E-state index contributed by atoms with van der Waals surface area (Å²) in [5.74, 6) is 0. The number of hydrogen-bond acceptors (Lipinski definition) is 6. The molecule has 0 aliphatic carbocycles. The third-order valence-electron chi connectivity index (χ3n) is 3.96. The SMILES string of the molecule is C1=NC=NC1CCNCc1ccc(-c2cc3ncncc3s2)cc1. The number of thiophene rings is 1. The van der Waals surface area contributed by atoms with Gasteiger partial charge in [0.25, 0.3) is 0 Å². The molecule has 3 heterocycles. The van der Waals surface area contributed by atoms with Gasteiger partial charge in [0.05, 0.1) is 16.3 Å². The second-order valence-corrected chi connectivity index (χ2v) is 6.76. The molecule has 1 aliphatic rings. The standard InChI is InChI=1S/C18H17N5S/c1-3-14(17-7-16-18(24-17)10-21-12-23-16)4-2-13(1)8-19-6-5-15-9-20-11-22-15/h1-4,7,9-12,15,19H,5-6,8H2. The summed E-state index contributed by atoms with van der Waals surface area (Å²) < 4.78 is 1.12. The van der Waals surface area contributed by atoms with E-state index < -0.39 is 0 Å². The van der Waals surface area contributed by atoms with Crippen molar-refractivity contribution in [3.8, 4) is 10.4 Å². The first-order valence-corrected chi connectivity index (χ1v) is 8.75. The largest absolute Gasteiger partial charge is 0.313 e. The van der Waals surface area contributed by atoms with Gasteiger partial charge in [0.15, 0.2) is 0 Å². The molecule has 2 aromatic heterocycles. The summed E-state index contributed by atoms with van der Waals surface area (Å²) in [6.07, 6.45) is 7.97. The number of rotatable bonds is 6. The lowest BCUT2D eigenvalue weighted by Gasteiger charge is -2.07. The Kier molecular flexibility index (Phi) is 4.40. The molecule has 1 aliphatic heterocycles. The second-order valence-electron chi connectivity index (χ2n) is 5.68. The highest BCUT2D eigenvalue weighted by Gasteiger charge is 2.06. The van der Waals surface area contributed by atoms with Crippen LogP contribution in [0.15, 0.2) is 52.8 Å². The quantitative estimate of drug-likeness (QED) is 0.703. The highest BCUT2D eigenvalue weighted by atomic mass is 32.1.